The second-order valence-corrected chi connectivity index (χ2v) is 7.08. The van der Waals surface area contributed by atoms with E-state index in [1.165, 1.54) is 9.80 Å². The molecule has 0 aromatic heterocycles. The minimum Gasteiger partial charge on any atom is -0.479 e. The number of carboxylic acids is 1. The maximum Gasteiger partial charge on any atom is 0.410 e. The monoisotopic (exact) mass is 332 g/mol. The molecule has 24 heavy (non-hydrogen) atoms. The maximum atomic E-state index is 12.6. The van der Waals surface area contributed by atoms with E-state index in [0.29, 0.717) is 11.1 Å². The number of ether oxygens (including phenoxy) is 1. The fourth-order valence-corrected chi connectivity index (χ4v) is 3.07. The fraction of sp³-hybridized carbons (Fsp3) is 0.471. The third-order valence-electron chi connectivity index (χ3n) is 4.14. The summed E-state index contributed by atoms with van der Waals surface area (Å²) in [4.78, 5) is 39.1. The van der Waals surface area contributed by atoms with Crippen molar-refractivity contribution in [3.63, 3.8) is 0 Å². The van der Waals surface area contributed by atoms with Gasteiger partial charge < -0.3 is 19.6 Å². The van der Waals surface area contributed by atoms with E-state index in [1.54, 1.807) is 45.0 Å². The van der Waals surface area contributed by atoms with Crippen LogP contribution in [0, 0.1) is 0 Å². The molecular weight excluding hydrogens is 312 g/mol. The SMILES string of the molecule is CC(C)(C)OC(=O)N1CC(N2C(=O)c3ccccc3C2C(=O)O)C1. The molecule has 7 nitrogen and oxygen atoms in total. The van der Waals surface area contributed by atoms with Gasteiger partial charge >= 0.3 is 12.1 Å². The summed E-state index contributed by atoms with van der Waals surface area (Å²) in [6, 6.07) is 5.42. The third kappa shape index (κ3) is 2.70. The number of aliphatic carboxylic acids is 1. The van der Waals surface area contributed by atoms with Gasteiger partial charge in [-0.3, -0.25) is 4.79 Å². The summed E-state index contributed by atoms with van der Waals surface area (Å²) in [5.74, 6) is -1.36. The lowest BCUT2D eigenvalue weighted by atomic mass is 10.0. The average molecular weight is 332 g/mol. The molecule has 2 amide bonds. The summed E-state index contributed by atoms with van der Waals surface area (Å²) in [6.07, 6.45) is -0.449. The standard InChI is InChI=1S/C17H20N2O5/c1-17(2,3)24-16(23)18-8-10(9-18)19-13(15(21)22)11-6-4-5-7-12(11)14(19)20/h4-7,10,13H,8-9H2,1-3H3,(H,21,22). The predicted octanol–water partition coefficient (Wildman–Crippen LogP) is 1.89. The number of hydrogen-bond donors (Lipinski definition) is 1. The van der Waals surface area contributed by atoms with Crippen LogP contribution in [0.25, 0.3) is 0 Å². The fourth-order valence-electron chi connectivity index (χ4n) is 3.07. The molecule has 0 aliphatic carbocycles. The van der Waals surface area contributed by atoms with Crippen LogP contribution in [0.1, 0.15) is 42.7 Å². The van der Waals surface area contributed by atoms with E-state index in [-0.39, 0.29) is 25.0 Å². The van der Waals surface area contributed by atoms with Gasteiger partial charge in [-0.1, -0.05) is 18.2 Å². The molecule has 0 bridgehead atoms. The second kappa shape index (κ2) is 5.51. The number of benzene rings is 1. The van der Waals surface area contributed by atoms with Crippen LogP contribution in [-0.4, -0.2) is 57.6 Å². The van der Waals surface area contributed by atoms with Crippen LogP contribution in [0.3, 0.4) is 0 Å². The van der Waals surface area contributed by atoms with Gasteiger partial charge in [0.25, 0.3) is 5.91 Å². The lowest BCUT2D eigenvalue weighted by Gasteiger charge is -2.45. The summed E-state index contributed by atoms with van der Waals surface area (Å²) in [5.41, 5.74) is 0.331. The summed E-state index contributed by atoms with van der Waals surface area (Å²) < 4.78 is 5.28. The van der Waals surface area contributed by atoms with Crippen LogP contribution in [0.15, 0.2) is 24.3 Å². The smallest absolute Gasteiger partial charge is 0.410 e. The van der Waals surface area contributed by atoms with Gasteiger partial charge in [0, 0.05) is 18.7 Å². The van der Waals surface area contributed by atoms with Crippen molar-refractivity contribution in [2.45, 2.75) is 38.5 Å². The van der Waals surface area contributed by atoms with E-state index in [0.717, 1.165) is 0 Å². The van der Waals surface area contributed by atoms with Crippen LogP contribution in [-0.2, 0) is 9.53 Å². The molecule has 2 heterocycles. The molecule has 0 saturated carbocycles. The Balaban J connectivity index is 1.74. The Labute approximate surface area is 139 Å². The molecule has 0 spiro atoms. The number of fused-ring (bicyclic) bond motifs is 1. The number of amides is 2. The van der Waals surface area contributed by atoms with Gasteiger partial charge in [0.2, 0.25) is 0 Å². The van der Waals surface area contributed by atoms with Crippen LogP contribution in [0.2, 0.25) is 0 Å². The molecule has 2 aliphatic heterocycles. The minimum absolute atomic E-state index is 0.276. The molecule has 1 aromatic carbocycles. The molecule has 1 fully saturated rings. The number of hydrogen-bond acceptors (Lipinski definition) is 4. The Morgan fingerprint density at radius 2 is 1.83 bits per heavy atom. The Bertz CT molecular complexity index is 703. The van der Waals surface area contributed by atoms with Crippen molar-refractivity contribution < 1.29 is 24.2 Å². The first-order valence-electron chi connectivity index (χ1n) is 7.81. The van der Waals surface area contributed by atoms with Crippen molar-refractivity contribution in [2.24, 2.45) is 0 Å². The van der Waals surface area contributed by atoms with Gasteiger partial charge in [-0.2, -0.15) is 0 Å². The van der Waals surface area contributed by atoms with Gasteiger partial charge in [0.1, 0.15) is 5.60 Å². The molecule has 3 rings (SSSR count). The predicted molar refractivity (Wildman–Crippen MR) is 84.6 cm³/mol. The van der Waals surface area contributed by atoms with E-state index in [9.17, 15) is 19.5 Å². The normalized spacial score (nSPS) is 20.6. The zero-order valence-electron chi connectivity index (χ0n) is 13.9. The molecular formula is C17H20N2O5. The van der Waals surface area contributed by atoms with Gasteiger partial charge in [0.15, 0.2) is 6.04 Å². The summed E-state index contributed by atoms with van der Waals surface area (Å²) in [6.45, 7) is 5.90. The largest absolute Gasteiger partial charge is 0.479 e. The highest BCUT2D eigenvalue weighted by molar-refractivity contribution is 6.03. The highest BCUT2D eigenvalue weighted by atomic mass is 16.6. The Hall–Kier alpha value is -2.57. The number of carbonyl (C=O) groups is 3. The molecule has 2 aliphatic rings. The Morgan fingerprint density at radius 3 is 2.42 bits per heavy atom. The lowest BCUT2D eigenvalue weighted by Crippen LogP contribution is -2.62. The summed E-state index contributed by atoms with van der Waals surface area (Å²) in [5, 5.41) is 9.55. The van der Waals surface area contributed by atoms with Gasteiger partial charge in [-0.05, 0) is 32.4 Å². The topological polar surface area (TPSA) is 87.2 Å². The first kappa shape index (κ1) is 16.3. The quantitative estimate of drug-likeness (QED) is 0.893. The van der Waals surface area contributed by atoms with Gasteiger partial charge in [-0.25, -0.2) is 9.59 Å². The van der Waals surface area contributed by atoms with Gasteiger partial charge in [-0.15, -0.1) is 0 Å². The van der Waals surface area contributed by atoms with Crippen molar-refractivity contribution in [1.29, 1.82) is 0 Å². The Morgan fingerprint density at radius 1 is 1.21 bits per heavy atom. The maximum absolute atomic E-state index is 12.6. The minimum atomic E-state index is -1.07. The van der Waals surface area contributed by atoms with E-state index >= 15 is 0 Å². The van der Waals surface area contributed by atoms with Gasteiger partial charge in [0.05, 0.1) is 6.04 Å². The zero-order chi connectivity index (χ0) is 17.6. The van der Waals surface area contributed by atoms with Crippen LogP contribution in [0.4, 0.5) is 4.79 Å². The zero-order valence-corrected chi connectivity index (χ0v) is 13.9. The second-order valence-electron chi connectivity index (χ2n) is 7.08. The molecule has 1 N–H and O–H groups in total. The molecule has 7 heteroatoms. The summed E-state index contributed by atoms with van der Waals surface area (Å²) >= 11 is 0. The first-order valence-corrected chi connectivity index (χ1v) is 7.81. The molecule has 1 atom stereocenters. The molecule has 1 saturated heterocycles. The third-order valence-corrected chi connectivity index (χ3v) is 4.14. The summed E-state index contributed by atoms with van der Waals surface area (Å²) in [7, 11) is 0. The van der Waals surface area contributed by atoms with Crippen LogP contribution >= 0.6 is 0 Å². The Kier molecular flexibility index (Phi) is 3.74. The van der Waals surface area contributed by atoms with Crippen molar-refractivity contribution in [3.8, 4) is 0 Å². The molecule has 1 aromatic rings. The first-order chi connectivity index (χ1) is 11.2. The van der Waals surface area contributed by atoms with E-state index < -0.39 is 23.7 Å². The van der Waals surface area contributed by atoms with E-state index in [1.807, 2.05) is 0 Å². The van der Waals surface area contributed by atoms with Crippen molar-refractivity contribution in [2.75, 3.05) is 13.1 Å². The van der Waals surface area contributed by atoms with Crippen molar-refractivity contribution in [3.05, 3.63) is 35.4 Å². The molecule has 0 radical (unpaired) electrons. The number of carboxylic acid groups (broad SMARTS) is 1. The number of nitrogens with zero attached hydrogens (tertiary/aromatic N) is 2. The molecule has 128 valence electrons. The average Bonchev–Trinajstić information content (AvgIpc) is 2.69. The highest BCUT2D eigenvalue weighted by Gasteiger charge is 2.49. The van der Waals surface area contributed by atoms with E-state index in [4.69, 9.17) is 4.74 Å². The van der Waals surface area contributed by atoms with Crippen molar-refractivity contribution in [1.82, 2.24) is 9.80 Å². The highest BCUT2D eigenvalue weighted by Crippen LogP contribution is 2.37. The number of rotatable bonds is 2. The lowest BCUT2D eigenvalue weighted by molar-refractivity contribution is -0.144. The van der Waals surface area contributed by atoms with Crippen molar-refractivity contribution >= 4 is 18.0 Å². The van der Waals surface area contributed by atoms with E-state index in [2.05, 4.69) is 0 Å². The van der Waals surface area contributed by atoms with Crippen LogP contribution in [0.5, 0.6) is 0 Å². The number of carbonyl (C=O) groups excluding carboxylic acids is 2. The van der Waals surface area contributed by atoms with Crippen LogP contribution < -0.4 is 0 Å². The number of likely N-dealkylation sites (tertiary alicyclic amines) is 1. The molecule has 1 unspecified atom stereocenters.